The molecule has 4 nitrogen and oxygen atoms in total. The van der Waals surface area contributed by atoms with Crippen molar-refractivity contribution in [1.82, 2.24) is 4.90 Å². The molecule has 1 rings (SSSR count). The van der Waals surface area contributed by atoms with E-state index in [0.29, 0.717) is 12.3 Å². The molecule has 0 radical (unpaired) electrons. The number of nitrogens with zero attached hydrogens (tertiary/aromatic N) is 1. The number of ether oxygens (including phenoxy) is 1. The zero-order valence-corrected chi connectivity index (χ0v) is 11.2. The quantitative estimate of drug-likeness (QED) is 0.743. The van der Waals surface area contributed by atoms with Gasteiger partial charge in [0.25, 0.3) is 0 Å². The van der Waals surface area contributed by atoms with Crippen LogP contribution in [0.1, 0.15) is 53.4 Å². The lowest BCUT2D eigenvalue weighted by Gasteiger charge is -2.18. The molecule has 0 unspecified atom stereocenters. The van der Waals surface area contributed by atoms with Gasteiger partial charge in [0.2, 0.25) is 5.91 Å². The highest BCUT2D eigenvalue weighted by Gasteiger charge is 2.39. The minimum absolute atomic E-state index is 0.102. The highest BCUT2D eigenvalue weighted by Crippen LogP contribution is 2.21. The lowest BCUT2D eigenvalue weighted by Crippen LogP contribution is -2.38. The number of carbonyl (C=O) groups is 2. The van der Waals surface area contributed by atoms with E-state index in [1.807, 2.05) is 13.8 Å². The summed E-state index contributed by atoms with van der Waals surface area (Å²) in [6, 6.07) is -0.142. The maximum absolute atomic E-state index is 11.9. The van der Waals surface area contributed by atoms with E-state index in [0.717, 1.165) is 19.3 Å². The van der Waals surface area contributed by atoms with Crippen molar-refractivity contribution in [1.29, 1.82) is 0 Å². The fourth-order valence-corrected chi connectivity index (χ4v) is 2.15. The van der Waals surface area contributed by atoms with Crippen LogP contribution in [-0.2, 0) is 9.53 Å². The standard InChI is InChI=1S/C13H23NO3/c1-5-6-9(2)7-8-12(15)14-10(3)11(4)17-13(14)16/h9-11H,5-8H2,1-4H3/t9-,10+,11-/m0/s1. The van der Waals surface area contributed by atoms with Gasteiger partial charge in [0, 0.05) is 6.42 Å². The normalized spacial score (nSPS) is 25.9. The van der Waals surface area contributed by atoms with Crippen LogP contribution in [0.25, 0.3) is 0 Å². The monoisotopic (exact) mass is 241 g/mol. The molecule has 0 aromatic rings. The SMILES string of the molecule is CCC[C@H](C)CCC(=O)N1C(=O)O[C@@H](C)[C@H]1C. The molecular formula is C13H23NO3. The van der Waals surface area contributed by atoms with Crippen LogP contribution in [0.4, 0.5) is 4.79 Å². The molecule has 0 aliphatic carbocycles. The second-order valence-corrected chi connectivity index (χ2v) is 5.03. The van der Waals surface area contributed by atoms with E-state index < -0.39 is 6.09 Å². The van der Waals surface area contributed by atoms with Gasteiger partial charge in [-0.15, -0.1) is 0 Å². The van der Waals surface area contributed by atoms with Crippen molar-refractivity contribution in [2.75, 3.05) is 0 Å². The summed E-state index contributed by atoms with van der Waals surface area (Å²) in [6.07, 6.45) is 2.86. The number of hydrogen-bond donors (Lipinski definition) is 0. The summed E-state index contributed by atoms with van der Waals surface area (Å²) in [6.45, 7) is 7.95. The number of carbonyl (C=O) groups excluding carboxylic acids is 2. The molecule has 2 amide bonds. The Hall–Kier alpha value is -1.06. The summed E-state index contributed by atoms with van der Waals surface area (Å²) in [5, 5.41) is 0. The minimum Gasteiger partial charge on any atom is -0.444 e. The third-order valence-corrected chi connectivity index (χ3v) is 3.47. The van der Waals surface area contributed by atoms with Gasteiger partial charge in [-0.3, -0.25) is 4.79 Å². The Labute approximate surface area is 103 Å². The zero-order chi connectivity index (χ0) is 13.0. The average Bonchev–Trinajstić information content (AvgIpc) is 2.50. The van der Waals surface area contributed by atoms with Crippen LogP contribution in [-0.4, -0.2) is 29.0 Å². The molecule has 1 aliphatic rings. The van der Waals surface area contributed by atoms with Crippen molar-refractivity contribution in [2.45, 2.75) is 65.5 Å². The van der Waals surface area contributed by atoms with Crippen molar-refractivity contribution in [3.05, 3.63) is 0 Å². The van der Waals surface area contributed by atoms with Gasteiger partial charge >= 0.3 is 6.09 Å². The lowest BCUT2D eigenvalue weighted by molar-refractivity contribution is -0.129. The predicted octanol–water partition coefficient (Wildman–Crippen LogP) is 2.96. The fourth-order valence-electron chi connectivity index (χ4n) is 2.15. The molecule has 0 aromatic heterocycles. The molecule has 98 valence electrons. The van der Waals surface area contributed by atoms with Gasteiger partial charge in [-0.1, -0.05) is 26.7 Å². The second kappa shape index (κ2) is 6.03. The number of amides is 2. The summed E-state index contributed by atoms with van der Waals surface area (Å²) >= 11 is 0. The van der Waals surface area contributed by atoms with Crippen LogP contribution in [0, 0.1) is 5.92 Å². The first kappa shape index (κ1) is 14.0. The van der Waals surface area contributed by atoms with Gasteiger partial charge in [0.1, 0.15) is 6.10 Å². The first-order chi connectivity index (χ1) is 7.97. The average molecular weight is 241 g/mol. The first-order valence-electron chi connectivity index (χ1n) is 6.50. The fraction of sp³-hybridized carbons (Fsp3) is 0.846. The third-order valence-electron chi connectivity index (χ3n) is 3.47. The van der Waals surface area contributed by atoms with E-state index in [1.54, 1.807) is 0 Å². The molecule has 0 spiro atoms. The first-order valence-corrected chi connectivity index (χ1v) is 6.50. The van der Waals surface area contributed by atoms with Gasteiger partial charge < -0.3 is 4.74 Å². The van der Waals surface area contributed by atoms with Crippen LogP contribution in [0.5, 0.6) is 0 Å². The van der Waals surface area contributed by atoms with E-state index in [2.05, 4.69) is 13.8 Å². The molecule has 4 heteroatoms. The summed E-state index contributed by atoms with van der Waals surface area (Å²) in [5.41, 5.74) is 0. The van der Waals surface area contributed by atoms with Gasteiger partial charge in [0.15, 0.2) is 0 Å². The maximum atomic E-state index is 11.9. The summed E-state index contributed by atoms with van der Waals surface area (Å²) in [5.74, 6) is 0.435. The molecule has 0 bridgehead atoms. The molecule has 17 heavy (non-hydrogen) atoms. The Balaban J connectivity index is 2.45. The smallest absolute Gasteiger partial charge is 0.417 e. The molecule has 0 saturated carbocycles. The molecule has 0 aromatic carbocycles. The van der Waals surface area contributed by atoms with Gasteiger partial charge in [-0.2, -0.15) is 0 Å². The van der Waals surface area contributed by atoms with Crippen LogP contribution in [0.2, 0.25) is 0 Å². The van der Waals surface area contributed by atoms with Crippen LogP contribution in [0.3, 0.4) is 0 Å². The van der Waals surface area contributed by atoms with Crippen molar-refractivity contribution in [3.8, 4) is 0 Å². The minimum atomic E-state index is -0.488. The predicted molar refractivity (Wildman–Crippen MR) is 65.6 cm³/mol. The second-order valence-electron chi connectivity index (χ2n) is 5.03. The summed E-state index contributed by atoms with van der Waals surface area (Å²) < 4.78 is 5.03. The van der Waals surface area contributed by atoms with E-state index in [9.17, 15) is 9.59 Å². The molecule has 3 atom stereocenters. The van der Waals surface area contributed by atoms with E-state index >= 15 is 0 Å². The van der Waals surface area contributed by atoms with Crippen molar-refractivity contribution in [3.63, 3.8) is 0 Å². The highest BCUT2D eigenvalue weighted by atomic mass is 16.6. The van der Waals surface area contributed by atoms with Crippen molar-refractivity contribution < 1.29 is 14.3 Å². The topological polar surface area (TPSA) is 46.6 Å². The molecular weight excluding hydrogens is 218 g/mol. The molecule has 1 aliphatic heterocycles. The lowest BCUT2D eigenvalue weighted by atomic mass is 10.00. The number of rotatable bonds is 5. The number of hydrogen-bond acceptors (Lipinski definition) is 3. The Morgan fingerprint density at radius 1 is 1.41 bits per heavy atom. The molecule has 1 saturated heterocycles. The van der Waals surface area contributed by atoms with Crippen LogP contribution in [0.15, 0.2) is 0 Å². The third kappa shape index (κ3) is 3.45. The van der Waals surface area contributed by atoms with Gasteiger partial charge in [-0.05, 0) is 26.2 Å². The van der Waals surface area contributed by atoms with Crippen molar-refractivity contribution in [2.24, 2.45) is 5.92 Å². The molecule has 1 heterocycles. The van der Waals surface area contributed by atoms with Gasteiger partial charge in [-0.25, -0.2) is 9.69 Å². The summed E-state index contributed by atoms with van der Waals surface area (Å²) in [7, 11) is 0. The number of cyclic esters (lactones) is 1. The zero-order valence-electron chi connectivity index (χ0n) is 11.2. The summed E-state index contributed by atoms with van der Waals surface area (Å²) in [4.78, 5) is 24.7. The Morgan fingerprint density at radius 2 is 2.06 bits per heavy atom. The highest BCUT2D eigenvalue weighted by molar-refractivity contribution is 5.93. The maximum Gasteiger partial charge on any atom is 0.417 e. The Morgan fingerprint density at radius 3 is 2.53 bits per heavy atom. The van der Waals surface area contributed by atoms with Crippen LogP contribution >= 0.6 is 0 Å². The number of imide groups is 1. The van der Waals surface area contributed by atoms with Gasteiger partial charge in [0.05, 0.1) is 6.04 Å². The van der Waals surface area contributed by atoms with E-state index in [4.69, 9.17) is 4.74 Å². The largest absolute Gasteiger partial charge is 0.444 e. The van der Waals surface area contributed by atoms with Crippen molar-refractivity contribution >= 4 is 12.0 Å². The van der Waals surface area contributed by atoms with Crippen LogP contribution < -0.4 is 0 Å². The Bertz CT molecular complexity index is 290. The molecule has 1 fully saturated rings. The molecule has 0 N–H and O–H groups in total. The van der Waals surface area contributed by atoms with E-state index in [-0.39, 0.29) is 18.1 Å². The Kier molecular flexibility index (Phi) is 4.97. The van der Waals surface area contributed by atoms with E-state index in [1.165, 1.54) is 4.90 Å².